The van der Waals surface area contributed by atoms with Crippen molar-refractivity contribution in [1.82, 2.24) is 9.97 Å². The van der Waals surface area contributed by atoms with Crippen molar-refractivity contribution in [3.05, 3.63) is 29.2 Å². The summed E-state index contributed by atoms with van der Waals surface area (Å²) in [5, 5.41) is 0.716. The van der Waals surface area contributed by atoms with Crippen LogP contribution in [0.5, 0.6) is 5.75 Å². The van der Waals surface area contributed by atoms with E-state index in [-0.39, 0.29) is 11.0 Å². The summed E-state index contributed by atoms with van der Waals surface area (Å²) in [6, 6.07) is 5.18. The summed E-state index contributed by atoms with van der Waals surface area (Å²) in [5.41, 5.74) is 0.879. The van der Waals surface area contributed by atoms with E-state index in [1.54, 1.807) is 25.3 Å². The minimum atomic E-state index is 0.0536. The third-order valence-electron chi connectivity index (χ3n) is 2.02. The molecule has 0 atom stereocenters. The van der Waals surface area contributed by atoms with Gasteiger partial charge < -0.3 is 4.74 Å². The minimum absolute atomic E-state index is 0.0536. The maximum Gasteiger partial charge on any atom is 0.223 e. The fourth-order valence-corrected chi connectivity index (χ4v) is 1.50. The number of fused-ring (bicyclic) bond motifs is 1. The summed E-state index contributed by atoms with van der Waals surface area (Å²) in [5.74, 6) is 0.661. The van der Waals surface area contributed by atoms with Gasteiger partial charge in [-0.1, -0.05) is 0 Å². The first-order valence-corrected chi connectivity index (χ1v) is 4.59. The van der Waals surface area contributed by atoms with Crippen LogP contribution in [0.25, 0.3) is 10.9 Å². The van der Waals surface area contributed by atoms with Gasteiger partial charge in [-0.05, 0) is 23.7 Å². The number of carbonyl (C=O) groups is 1. The molecule has 0 saturated heterocycles. The summed E-state index contributed by atoms with van der Waals surface area (Å²) in [6.45, 7) is 0. The summed E-state index contributed by atoms with van der Waals surface area (Å²) in [6.07, 6.45) is 0.655. The van der Waals surface area contributed by atoms with E-state index in [1.165, 1.54) is 0 Å². The molecule has 0 aliphatic carbocycles. The minimum Gasteiger partial charge on any atom is -0.497 e. The highest BCUT2D eigenvalue weighted by molar-refractivity contribution is 6.28. The SMILES string of the molecule is COc1ccc2c(C=O)nc(Cl)nc2c1. The van der Waals surface area contributed by atoms with Crippen molar-refractivity contribution in [3.63, 3.8) is 0 Å². The van der Waals surface area contributed by atoms with Crippen LogP contribution >= 0.6 is 11.6 Å². The predicted octanol–water partition coefficient (Wildman–Crippen LogP) is 2.10. The zero-order chi connectivity index (χ0) is 10.8. The van der Waals surface area contributed by atoms with Crippen LogP contribution in [0.2, 0.25) is 5.28 Å². The van der Waals surface area contributed by atoms with Crippen molar-refractivity contribution in [2.24, 2.45) is 0 Å². The third-order valence-corrected chi connectivity index (χ3v) is 2.19. The second-order valence-electron chi connectivity index (χ2n) is 2.88. The van der Waals surface area contributed by atoms with E-state index in [0.29, 0.717) is 22.9 Å². The number of aldehydes is 1. The maximum atomic E-state index is 10.7. The van der Waals surface area contributed by atoms with E-state index >= 15 is 0 Å². The Bertz CT molecular complexity index is 528. The van der Waals surface area contributed by atoms with Crippen LogP contribution in [0.1, 0.15) is 10.5 Å². The predicted molar refractivity (Wildman–Crippen MR) is 56.5 cm³/mol. The second kappa shape index (κ2) is 3.82. The molecule has 2 aromatic rings. The van der Waals surface area contributed by atoms with Crippen LogP contribution in [0, 0.1) is 0 Å². The Hall–Kier alpha value is -1.68. The Morgan fingerprint density at radius 3 is 2.87 bits per heavy atom. The molecule has 1 aromatic heterocycles. The standard InChI is InChI=1S/C10H7ClN2O2/c1-15-6-2-3-7-8(4-6)12-10(11)13-9(7)5-14/h2-5H,1H3. The number of rotatable bonds is 2. The van der Waals surface area contributed by atoms with Crippen molar-refractivity contribution in [2.75, 3.05) is 7.11 Å². The molecule has 15 heavy (non-hydrogen) atoms. The number of ether oxygens (including phenoxy) is 1. The zero-order valence-electron chi connectivity index (χ0n) is 7.90. The van der Waals surface area contributed by atoms with Gasteiger partial charge in [0.2, 0.25) is 5.28 Å². The Balaban J connectivity index is 2.77. The first-order chi connectivity index (χ1) is 7.24. The molecule has 1 aromatic carbocycles. The van der Waals surface area contributed by atoms with Crippen molar-refractivity contribution in [2.45, 2.75) is 0 Å². The van der Waals surface area contributed by atoms with Gasteiger partial charge in [0.15, 0.2) is 6.29 Å². The van der Waals surface area contributed by atoms with Crippen LogP contribution in [0.15, 0.2) is 18.2 Å². The van der Waals surface area contributed by atoms with Gasteiger partial charge in [0, 0.05) is 11.5 Å². The van der Waals surface area contributed by atoms with Crippen LogP contribution in [-0.4, -0.2) is 23.4 Å². The average molecular weight is 223 g/mol. The number of nitrogens with zero attached hydrogens (tertiary/aromatic N) is 2. The number of methoxy groups -OCH3 is 1. The van der Waals surface area contributed by atoms with E-state index in [0.717, 1.165) is 0 Å². The van der Waals surface area contributed by atoms with Crippen molar-refractivity contribution < 1.29 is 9.53 Å². The zero-order valence-corrected chi connectivity index (χ0v) is 8.65. The lowest BCUT2D eigenvalue weighted by molar-refractivity contribution is 0.112. The lowest BCUT2D eigenvalue weighted by Crippen LogP contribution is -1.94. The number of hydrogen-bond acceptors (Lipinski definition) is 4. The molecular formula is C10H7ClN2O2. The largest absolute Gasteiger partial charge is 0.497 e. The second-order valence-corrected chi connectivity index (χ2v) is 3.22. The molecule has 0 amide bonds. The van der Waals surface area contributed by atoms with Gasteiger partial charge in [0.1, 0.15) is 11.4 Å². The molecule has 4 nitrogen and oxygen atoms in total. The average Bonchev–Trinajstić information content (AvgIpc) is 2.26. The Morgan fingerprint density at radius 1 is 1.40 bits per heavy atom. The third kappa shape index (κ3) is 1.76. The summed E-state index contributed by atoms with van der Waals surface area (Å²) < 4.78 is 5.04. The van der Waals surface area contributed by atoms with Crippen LogP contribution < -0.4 is 4.74 Å². The molecule has 0 unspecified atom stereocenters. The van der Waals surface area contributed by atoms with E-state index in [2.05, 4.69) is 9.97 Å². The maximum absolute atomic E-state index is 10.7. The monoisotopic (exact) mass is 222 g/mol. The molecule has 0 bridgehead atoms. The molecule has 0 spiro atoms. The van der Waals surface area contributed by atoms with Crippen molar-refractivity contribution in [1.29, 1.82) is 0 Å². The number of carbonyl (C=O) groups excluding carboxylic acids is 1. The lowest BCUT2D eigenvalue weighted by Gasteiger charge is -2.03. The van der Waals surface area contributed by atoms with Crippen molar-refractivity contribution >= 4 is 28.8 Å². The molecule has 5 heteroatoms. The normalized spacial score (nSPS) is 10.3. The fourth-order valence-electron chi connectivity index (χ4n) is 1.32. The molecular weight excluding hydrogens is 216 g/mol. The Morgan fingerprint density at radius 2 is 2.20 bits per heavy atom. The van der Waals surface area contributed by atoms with Gasteiger partial charge in [-0.25, -0.2) is 9.97 Å². The van der Waals surface area contributed by atoms with E-state index in [9.17, 15) is 4.79 Å². The van der Waals surface area contributed by atoms with Crippen LogP contribution in [0.3, 0.4) is 0 Å². The molecule has 0 fully saturated rings. The lowest BCUT2D eigenvalue weighted by atomic mass is 10.2. The molecule has 0 saturated carbocycles. The summed E-state index contributed by atoms with van der Waals surface area (Å²) in [4.78, 5) is 18.6. The van der Waals surface area contributed by atoms with Gasteiger partial charge >= 0.3 is 0 Å². The molecule has 76 valence electrons. The number of hydrogen-bond donors (Lipinski definition) is 0. The highest BCUT2D eigenvalue weighted by Gasteiger charge is 2.06. The molecule has 0 N–H and O–H groups in total. The highest BCUT2D eigenvalue weighted by Crippen LogP contribution is 2.21. The highest BCUT2D eigenvalue weighted by atomic mass is 35.5. The number of aromatic nitrogens is 2. The van der Waals surface area contributed by atoms with E-state index in [4.69, 9.17) is 16.3 Å². The van der Waals surface area contributed by atoms with E-state index in [1.807, 2.05) is 0 Å². The molecule has 0 aliphatic heterocycles. The Labute approximate surface area is 90.9 Å². The van der Waals surface area contributed by atoms with Crippen LogP contribution in [-0.2, 0) is 0 Å². The molecule has 0 radical (unpaired) electrons. The fraction of sp³-hybridized carbons (Fsp3) is 0.100. The van der Waals surface area contributed by atoms with Crippen molar-refractivity contribution in [3.8, 4) is 5.75 Å². The van der Waals surface area contributed by atoms with Gasteiger partial charge in [0.25, 0.3) is 0 Å². The van der Waals surface area contributed by atoms with E-state index < -0.39 is 0 Å². The van der Waals surface area contributed by atoms with Gasteiger partial charge in [-0.2, -0.15) is 0 Å². The van der Waals surface area contributed by atoms with Gasteiger partial charge in [0.05, 0.1) is 12.6 Å². The smallest absolute Gasteiger partial charge is 0.223 e. The first kappa shape index (κ1) is 9.86. The quantitative estimate of drug-likeness (QED) is 0.577. The number of halogens is 1. The first-order valence-electron chi connectivity index (χ1n) is 4.21. The summed E-state index contributed by atoms with van der Waals surface area (Å²) >= 11 is 5.68. The summed E-state index contributed by atoms with van der Waals surface area (Å²) in [7, 11) is 1.56. The molecule has 0 aliphatic rings. The van der Waals surface area contributed by atoms with Crippen LogP contribution in [0.4, 0.5) is 0 Å². The van der Waals surface area contributed by atoms with Gasteiger partial charge in [-0.3, -0.25) is 4.79 Å². The Kier molecular flexibility index (Phi) is 2.51. The topological polar surface area (TPSA) is 52.1 Å². The van der Waals surface area contributed by atoms with Gasteiger partial charge in [-0.15, -0.1) is 0 Å². The molecule has 1 heterocycles. The number of benzene rings is 1. The molecule has 2 rings (SSSR count).